The van der Waals surface area contributed by atoms with Crippen LogP contribution in [-0.4, -0.2) is 30.7 Å². The van der Waals surface area contributed by atoms with Gasteiger partial charge >= 0.3 is 0 Å². The molecule has 5 nitrogen and oxygen atoms in total. The Labute approximate surface area is 120 Å². The zero-order valence-corrected chi connectivity index (χ0v) is 12.3. The summed E-state index contributed by atoms with van der Waals surface area (Å²) in [6.45, 7) is 1.31. The van der Waals surface area contributed by atoms with Crippen molar-refractivity contribution in [3.05, 3.63) is 22.2 Å². The number of benzene rings is 1. The fourth-order valence-electron chi connectivity index (χ4n) is 2.09. The molecule has 6 heteroatoms. The predicted octanol–water partition coefficient (Wildman–Crippen LogP) is 1.53. The highest BCUT2D eigenvalue weighted by Crippen LogP contribution is 2.35. The Kier molecular flexibility index (Phi) is 4.66. The molecule has 104 valence electrons. The van der Waals surface area contributed by atoms with E-state index in [0.717, 1.165) is 24.9 Å². The average Bonchev–Trinajstić information content (AvgIpc) is 2.41. The monoisotopic (exact) mass is 328 g/mol. The van der Waals surface area contributed by atoms with Crippen molar-refractivity contribution in [1.82, 2.24) is 10.6 Å². The summed E-state index contributed by atoms with van der Waals surface area (Å²) in [6.07, 6.45) is 1.84. The molecule has 1 atom stereocenters. The van der Waals surface area contributed by atoms with Crippen LogP contribution in [0.3, 0.4) is 0 Å². The molecule has 19 heavy (non-hydrogen) atoms. The highest BCUT2D eigenvalue weighted by molar-refractivity contribution is 9.10. The number of hydrogen-bond donors (Lipinski definition) is 3. The van der Waals surface area contributed by atoms with Crippen LogP contribution in [0.15, 0.2) is 16.6 Å². The van der Waals surface area contributed by atoms with Gasteiger partial charge in [-0.25, -0.2) is 0 Å². The van der Waals surface area contributed by atoms with Gasteiger partial charge in [-0.1, -0.05) is 0 Å². The Morgan fingerprint density at radius 2 is 2.37 bits per heavy atom. The van der Waals surface area contributed by atoms with E-state index in [2.05, 4.69) is 26.6 Å². The Bertz CT molecular complexity index is 479. The van der Waals surface area contributed by atoms with Gasteiger partial charge in [-0.15, -0.1) is 0 Å². The van der Waals surface area contributed by atoms with Gasteiger partial charge in [0.05, 0.1) is 17.6 Å². The minimum absolute atomic E-state index is 0.0519. The number of ether oxygens (including phenoxy) is 1. The summed E-state index contributed by atoms with van der Waals surface area (Å²) >= 11 is 3.28. The second-order valence-corrected chi connectivity index (χ2v) is 5.35. The summed E-state index contributed by atoms with van der Waals surface area (Å²) in [4.78, 5) is 11.6. The lowest BCUT2D eigenvalue weighted by Gasteiger charge is -2.23. The van der Waals surface area contributed by atoms with Crippen LogP contribution in [-0.2, 0) is 11.3 Å². The number of phenolic OH excluding ortho intramolecular Hbond substituents is 1. The van der Waals surface area contributed by atoms with Crippen LogP contribution < -0.4 is 15.4 Å². The lowest BCUT2D eigenvalue weighted by Crippen LogP contribution is -2.47. The molecule has 0 bridgehead atoms. The second kappa shape index (κ2) is 6.25. The number of nitrogens with one attached hydrogen (secondary N) is 2. The van der Waals surface area contributed by atoms with Crippen molar-refractivity contribution < 1.29 is 14.6 Å². The van der Waals surface area contributed by atoms with Gasteiger partial charge in [-0.2, -0.15) is 0 Å². The number of phenols is 1. The molecule has 0 aliphatic carbocycles. The average molecular weight is 329 g/mol. The predicted molar refractivity (Wildman–Crippen MR) is 75.2 cm³/mol. The minimum atomic E-state index is -0.146. The van der Waals surface area contributed by atoms with Gasteiger partial charge in [0, 0.05) is 13.1 Å². The number of amides is 1. The van der Waals surface area contributed by atoms with Gasteiger partial charge < -0.3 is 20.5 Å². The van der Waals surface area contributed by atoms with Crippen molar-refractivity contribution in [2.24, 2.45) is 0 Å². The van der Waals surface area contributed by atoms with Crippen LogP contribution >= 0.6 is 15.9 Å². The van der Waals surface area contributed by atoms with Crippen LogP contribution in [0.5, 0.6) is 11.5 Å². The molecule has 3 N–H and O–H groups in total. The summed E-state index contributed by atoms with van der Waals surface area (Å²) in [6, 6.07) is 3.42. The Morgan fingerprint density at radius 3 is 3.05 bits per heavy atom. The molecule has 0 aromatic heterocycles. The molecule has 1 amide bonds. The van der Waals surface area contributed by atoms with Crippen molar-refractivity contribution in [1.29, 1.82) is 0 Å². The third kappa shape index (κ3) is 3.39. The number of piperidine rings is 1. The van der Waals surface area contributed by atoms with E-state index in [1.165, 1.54) is 7.11 Å². The first-order valence-electron chi connectivity index (χ1n) is 6.18. The molecule has 1 saturated heterocycles. The standard InChI is InChI=1S/C13H17BrN2O3/c1-19-11-6-8(5-9(14)12(11)17)7-16-10-3-2-4-15-13(10)18/h5-6,10,16-17H,2-4,7H2,1H3,(H,15,18). The third-order valence-corrected chi connectivity index (χ3v) is 3.75. The normalized spacial score (nSPS) is 19.1. The van der Waals surface area contributed by atoms with Gasteiger partial charge in [0.25, 0.3) is 0 Å². The first-order valence-corrected chi connectivity index (χ1v) is 6.97. The zero-order chi connectivity index (χ0) is 13.8. The lowest BCUT2D eigenvalue weighted by atomic mass is 10.1. The molecular formula is C13H17BrN2O3. The lowest BCUT2D eigenvalue weighted by molar-refractivity contribution is -0.124. The fourth-order valence-corrected chi connectivity index (χ4v) is 2.58. The van der Waals surface area contributed by atoms with Crippen molar-refractivity contribution in [2.75, 3.05) is 13.7 Å². The fraction of sp³-hybridized carbons (Fsp3) is 0.462. The number of carbonyl (C=O) groups excluding carboxylic acids is 1. The van der Waals surface area contributed by atoms with Gasteiger partial charge in [0.15, 0.2) is 11.5 Å². The smallest absolute Gasteiger partial charge is 0.237 e. The molecule has 1 fully saturated rings. The largest absolute Gasteiger partial charge is 0.503 e. The molecule has 1 unspecified atom stereocenters. The van der Waals surface area contributed by atoms with E-state index in [0.29, 0.717) is 16.8 Å². The first-order chi connectivity index (χ1) is 9.11. The number of hydrogen-bond acceptors (Lipinski definition) is 4. The zero-order valence-electron chi connectivity index (χ0n) is 10.7. The van der Waals surface area contributed by atoms with Gasteiger partial charge in [-0.3, -0.25) is 4.79 Å². The van der Waals surface area contributed by atoms with Gasteiger partial charge in [-0.05, 0) is 46.5 Å². The summed E-state index contributed by atoms with van der Waals surface area (Å²) in [5.74, 6) is 0.553. The second-order valence-electron chi connectivity index (χ2n) is 4.50. The Morgan fingerprint density at radius 1 is 1.58 bits per heavy atom. The molecular weight excluding hydrogens is 312 g/mol. The van der Waals surface area contributed by atoms with E-state index in [-0.39, 0.29) is 17.7 Å². The van der Waals surface area contributed by atoms with Crippen LogP contribution in [0.2, 0.25) is 0 Å². The topological polar surface area (TPSA) is 70.6 Å². The first kappa shape index (κ1) is 14.1. The SMILES string of the molecule is COc1cc(CNC2CCCNC2=O)cc(Br)c1O. The van der Waals surface area contributed by atoms with Crippen LogP contribution in [0, 0.1) is 0 Å². The maximum Gasteiger partial charge on any atom is 0.237 e. The van der Waals surface area contributed by atoms with E-state index in [9.17, 15) is 9.90 Å². The van der Waals surface area contributed by atoms with Crippen LogP contribution in [0.25, 0.3) is 0 Å². The maximum atomic E-state index is 11.6. The van der Waals surface area contributed by atoms with Crippen molar-refractivity contribution in [3.63, 3.8) is 0 Å². The van der Waals surface area contributed by atoms with Gasteiger partial charge in [0.1, 0.15) is 0 Å². The molecule has 1 aliphatic rings. The Hall–Kier alpha value is -1.27. The van der Waals surface area contributed by atoms with Gasteiger partial charge in [0.2, 0.25) is 5.91 Å². The molecule has 1 heterocycles. The third-order valence-electron chi connectivity index (χ3n) is 3.15. The molecule has 1 aromatic carbocycles. The molecule has 0 radical (unpaired) electrons. The van der Waals surface area contributed by atoms with Crippen LogP contribution in [0.1, 0.15) is 18.4 Å². The summed E-state index contributed by atoms with van der Waals surface area (Å²) in [5.41, 5.74) is 0.944. The van der Waals surface area contributed by atoms with E-state index >= 15 is 0 Å². The quantitative estimate of drug-likeness (QED) is 0.784. The molecule has 1 aromatic rings. The highest BCUT2D eigenvalue weighted by atomic mass is 79.9. The molecule has 2 rings (SSSR count). The highest BCUT2D eigenvalue weighted by Gasteiger charge is 2.21. The summed E-state index contributed by atoms with van der Waals surface area (Å²) in [7, 11) is 1.51. The number of halogens is 1. The number of carbonyl (C=O) groups is 1. The van der Waals surface area contributed by atoms with E-state index in [4.69, 9.17) is 4.74 Å². The van der Waals surface area contributed by atoms with Crippen molar-refractivity contribution in [3.8, 4) is 11.5 Å². The summed E-state index contributed by atoms with van der Waals surface area (Å²) < 4.78 is 5.67. The maximum absolute atomic E-state index is 11.6. The van der Waals surface area contributed by atoms with E-state index < -0.39 is 0 Å². The van der Waals surface area contributed by atoms with Crippen molar-refractivity contribution in [2.45, 2.75) is 25.4 Å². The minimum Gasteiger partial charge on any atom is -0.503 e. The molecule has 1 aliphatic heterocycles. The number of rotatable bonds is 4. The molecule has 0 spiro atoms. The van der Waals surface area contributed by atoms with E-state index in [1.54, 1.807) is 6.07 Å². The number of methoxy groups -OCH3 is 1. The Balaban J connectivity index is 2.03. The van der Waals surface area contributed by atoms with Crippen LogP contribution in [0.4, 0.5) is 0 Å². The number of aromatic hydroxyl groups is 1. The summed E-state index contributed by atoms with van der Waals surface area (Å²) in [5, 5.41) is 15.8. The molecule has 0 saturated carbocycles. The van der Waals surface area contributed by atoms with Crippen molar-refractivity contribution >= 4 is 21.8 Å². The van der Waals surface area contributed by atoms with E-state index in [1.807, 2.05) is 6.07 Å².